The molecule has 0 bridgehead atoms. The van der Waals surface area contributed by atoms with Crippen molar-refractivity contribution >= 4 is 34.6 Å². The molecule has 0 atom stereocenters. The minimum absolute atomic E-state index is 0.0895. The number of benzene rings is 2. The van der Waals surface area contributed by atoms with Gasteiger partial charge in [-0.1, -0.05) is 11.6 Å². The molecule has 2 aromatic rings. The quantitative estimate of drug-likeness (QED) is 0.766. The third kappa shape index (κ3) is 4.95. The molecule has 0 unspecified atom stereocenters. The van der Waals surface area contributed by atoms with Gasteiger partial charge in [-0.3, -0.25) is 9.69 Å². The Labute approximate surface area is 152 Å². The topological polar surface area (TPSA) is 54.8 Å². The van der Waals surface area contributed by atoms with Gasteiger partial charge >= 0.3 is 0 Å². The van der Waals surface area contributed by atoms with E-state index >= 15 is 0 Å². The van der Waals surface area contributed by atoms with Gasteiger partial charge in [0.1, 0.15) is 18.8 Å². The highest BCUT2D eigenvalue weighted by Crippen LogP contribution is 2.19. The Kier molecular flexibility index (Phi) is 5.91. The van der Waals surface area contributed by atoms with Gasteiger partial charge < -0.3 is 15.4 Å². The zero-order chi connectivity index (χ0) is 17.6. The average molecular weight is 361 g/mol. The van der Waals surface area contributed by atoms with E-state index in [1.807, 2.05) is 31.2 Å². The number of halogens is 1. The first kappa shape index (κ1) is 17.7. The summed E-state index contributed by atoms with van der Waals surface area (Å²) in [4.78, 5) is 13.6. The first-order valence-corrected chi connectivity index (χ1v) is 8.82. The van der Waals surface area contributed by atoms with Gasteiger partial charge in [0.15, 0.2) is 0 Å². The average Bonchev–Trinajstić information content (AvgIpc) is 2.63. The Balaban J connectivity index is 1.51. The van der Waals surface area contributed by atoms with Gasteiger partial charge in [0.05, 0.1) is 19.8 Å². The van der Waals surface area contributed by atoms with Crippen molar-refractivity contribution in [2.24, 2.45) is 0 Å². The molecular formula is C19H23ClN3O2+. The van der Waals surface area contributed by atoms with E-state index in [1.165, 1.54) is 10.6 Å². The molecule has 3 rings (SSSR count). The Morgan fingerprint density at radius 2 is 1.88 bits per heavy atom. The summed E-state index contributed by atoms with van der Waals surface area (Å²) in [6, 6.07) is 13.6. The predicted molar refractivity (Wildman–Crippen MR) is 101 cm³/mol. The van der Waals surface area contributed by atoms with E-state index in [9.17, 15) is 4.79 Å². The fourth-order valence-electron chi connectivity index (χ4n) is 2.87. The van der Waals surface area contributed by atoms with Gasteiger partial charge in [-0.05, 0) is 42.8 Å². The molecule has 1 heterocycles. The first-order valence-electron chi connectivity index (χ1n) is 8.44. The number of carbonyl (C=O) groups excluding carboxylic acids is 1. The van der Waals surface area contributed by atoms with Crippen LogP contribution < -0.4 is 15.5 Å². The third-order valence-electron chi connectivity index (χ3n) is 4.31. The van der Waals surface area contributed by atoms with E-state index in [4.69, 9.17) is 16.3 Å². The van der Waals surface area contributed by atoms with Crippen molar-refractivity contribution in [2.45, 2.75) is 6.92 Å². The fraction of sp³-hybridized carbons (Fsp3) is 0.316. The second-order valence-electron chi connectivity index (χ2n) is 6.15. The van der Waals surface area contributed by atoms with E-state index in [0.29, 0.717) is 5.02 Å². The van der Waals surface area contributed by atoms with E-state index in [0.717, 1.165) is 43.2 Å². The number of quaternary nitrogens is 1. The number of hydrogen-bond acceptors (Lipinski definition) is 3. The fourth-order valence-corrected chi connectivity index (χ4v) is 3.10. The van der Waals surface area contributed by atoms with Gasteiger partial charge in [-0.2, -0.15) is 0 Å². The maximum Gasteiger partial charge on any atom is 0.243 e. The van der Waals surface area contributed by atoms with Crippen LogP contribution in [-0.4, -0.2) is 38.8 Å². The van der Waals surface area contributed by atoms with Crippen molar-refractivity contribution in [3.63, 3.8) is 0 Å². The maximum absolute atomic E-state index is 12.1. The number of amides is 1. The summed E-state index contributed by atoms with van der Waals surface area (Å²) in [5, 5.41) is 6.71. The Hall–Kier alpha value is -2.08. The predicted octanol–water partition coefficient (Wildman–Crippen LogP) is 2.25. The molecule has 0 spiro atoms. The van der Waals surface area contributed by atoms with Gasteiger partial charge in [-0.25, -0.2) is 0 Å². The molecular weight excluding hydrogens is 338 g/mol. The number of ether oxygens (including phenoxy) is 1. The van der Waals surface area contributed by atoms with Crippen molar-refractivity contribution in [3.05, 3.63) is 53.1 Å². The molecule has 3 N–H and O–H groups in total. The van der Waals surface area contributed by atoms with Crippen LogP contribution in [0.25, 0.3) is 0 Å². The molecule has 2 aromatic carbocycles. The number of morpholine rings is 1. The molecule has 132 valence electrons. The molecule has 1 amide bonds. The zero-order valence-corrected chi connectivity index (χ0v) is 15.0. The number of nitrogens with one attached hydrogen (secondary N) is 3. The zero-order valence-electron chi connectivity index (χ0n) is 14.3. The summed E-state index contributed by atoms with van der Waals surface area (Å²) in [6.45, 7) is 5.73. The minimum atomic E-state index is -0.0895. The van der Waals surface area contributed by atoms with Crippen molar-refractivity contribution in [1.29, 1.82) is 0 Å². The van der Waals surface area contributed by atoms with Crippen molar-refractivity contribution < 1.29 is 14.4 Å². The molecule has 1 fully saturated rings. The lowest BCUT2D eigenvalue weighted by atomic mass is 10.2. The summed E-state index contributed by atoms with van der Waals surface area (Å²) in [5.41, 5.74) is 3.91. The summed E-state index contributed by atoms with van der Waals surface area (Å²) >= 11 is 5.93. The van der Waals surface area contributed by atoms with Crippen LogP contribution in [0.4, 0.5) is 17.1 Å². The SMILES string of the molecule is Cc1cc(Cl)ccc1NC(=O)CNc1ccc([NH+]2CCOCC2)cc1. The smallest absolute Gasteiger partial charge is 0.243 e. The largest absolute Gasteiger partial charge is 0.376 e. The minimum Gasteiger partial charge on any atom is -0.376 e. The van der Waals surface area contributed by atoms with E-state index in [1.54, 1.807) is 6.07 Å². The summed E-state index contributed by atoms with van der Waals surface area (Å²) in [7, 11) is 0. The van der Waals surface area contributed by atoms with Crippen LogP contribution in [0.15, 0.2) is 42.5 Å². The lowest BCUT2D eigenvalue weighted by Gasteiger charge is -2.23. The highest BCUT2D eigenvalue weighted by molar-refractivity contribution is 6.30. The van der Waals surface area contributed by atoms with E-state index < -0.39 is 0 Å². The van der Waals surface area contributed by atoms with Crippen LogP contribution in [0.2, 0.25) is 5.02 Å². The van der Waals surface area contributed by atoms with Gasteiger partial charge in [0, 0.05) is 28.5 Å². The first-order chi connectivity index (χ1) is 12.1. The Morgan fingerprint density at radius 1 is 1.16 bits per heavy atom. The van der Waals surface area contributed by atoms with Gasteiger partial charge in [0.25, 0.3) is 0 Å². The second kappa shape index (κ2) is 8.34. The number of rotatable bonds is 5. The molecule has 1 saturated heterocycles. The molecule has 1 aliphatic rings. The van der Waals surface area contributed by atoms with Crippen LogP contribution in [0, 0.1) is 6.92 Å². The molecule has 1 aliphatic heterocycles. The third-order valence-corrected chi connectivity index (χ3v) is 4.54. The highest BCUT2D eigenvalue weighted by atomic mass is 35.5. The number of aryl methyl sites for hydroxylation is 1. The summed E-state index contributed by atoms with van der Waals surface area (Å²) in [6.07, 6.45) is 0. The monoisotopic (exact) mass is 360 g/mol. The molecule has 25 heavy (non-hydrogen) atoms. The Morgan fingerprint density at radius 3 is 2.56 bits per heavy atom. The molecule has 0 radical (unpaired) electrons. The molecule has 6 heteroatoms. The van der Waals surface area contributed by atoms with Gasteiger partial charge in [0.2, 0.25) is 5.91 Å². The second-order valence-corrected chi connectivity index (χ2v) is 6.59. The van der Waals surface area contributed by atoms with Crippen LogP contribution in [0.3, 0.4) is 0 Å². The van der Waals surface area contributed by atoms with E-state index in [-0.39, 0.29) is 12.5 Å². The van der Waals surface area contributed by atoms with Crippen molar-refractivity contribution in [1.82, 2.24) is 0 Å². The lowest BCUT2D eigenvalue weighted by molar-refractivity contribution is -0.842. The summed E-state index contributed by atoms with van der Waals surface area (Å²) < 4.78 is 5.39. The van der Waals surface area contributed by atoms with Crippen LogP contribution in [-0.2, 0) is 9.53 Å². The standard InChI is InChI=1S/C19H22ClN3O2/c1-14-12-15(20)2-7-18(14)22-19(24)13-21-16-3-5-17(6-4-16)23-8-10-25-11-9-23/h2-7,12,21H,8-11,13H2,1H3,(H,22,24)/p+1. The van der Waals surface area contributed by atoms with Crippen molar-refractivity contribution in [3.8, 4) is 0 Å². The summed E-state index contributed by atoms with van der Waals surface area (Å²) in [5.74, 6) is -0.0895. The van der Waals surface area contributed by atoms with Crippen LogP contribution in [0.1, 0.15) is 5.56 Å². The van der Waals surface area contributed by atoms with Crippen LogP contribution >= 0.6 is 11.6 Å². The Bertz CT molecular complexity index is 728. The molecule has 0 aromatic heterocycles. The normalized spacial score (nSPS) is 15.0. The molecule has 0 saturated carbocycles. The van der Waals surface area contributed by atoms with Crippen molar-refractivity contribution in [2.75, 3.05) is 43.5 Å². The lowest BCUT2D eigenvalue weighted by Crippen LogP contribution is -3.09. The van der Waals surface area contributed by atoms with E-state index in [2.05, 4.69) is 22.8 Å². The highest BCUT2D eigenvalue weighted by Gasteiger charge is 2.16. The molecule has 0 aliphatic carbocycles. The molecule has 5 nitrogen and oxygen atoms in total. The number of hydrogen-bond donors (Lipinski definition) is 3. The van der Waals surface area contributed by atoms with Gasteiger partial charge in [-0.15, -0.1) is 0 Å². The maximum atomic E-state index is 12.1. The number of carbonyl (C=O) groups is 1. The van der Waals surface area contributed by atoms with Crippen LogP contribution in [0.5, 0.6) is 0 Å². The number of anilines is 2.